The maximum Gasteiger partial charge on any atom is 0.253 e. The molecule has 45 heavy (non-hydrogen) atoms. The van der Waals surface area contributed by atoms with Crippen LogP contribution in [0.2, 0.25) is 5.02 Å². The number of nitrogens with zero attached hydrogens (tertiary/aromatic N) is 6. The van der Waals surface area contributed by atoms with Gasteiger partial charge in [-0.25, -0.2) is 9.50 Å². The molecule has 0 spiro atoms. The van der Waals surface area contributed by atoms with Gasteiger partial charge in [-0.2, -0.15) is 5.10 Å². The number of pyridine rings is 2. The van der Waals surface area contributed by atoms with Crippen LogP contribution in [0.3, 0.4) is 0 Å². The van der Waals surface area contributed by atoms with Gasteiger partial charge in [0.15, 0.2) is 11.5 Å². The van der Waals surface area contributed by atoms with Crippen molar-refractivity contribution in [3.8, 4) is 0 Å². The molecule has 7 rings (SSSR count). The summed E-state index contributed by atoms with van der Waals surface area (Å²) in [5, 5.41) is 16.8. The molecule has 2 fully saturated rings. The number of aliphatic hydroxyl groups is 1. The van der Waals surface area contributed by atoms with Gasteiger partial charge >= 0.3 is 0 Å². The lowest BCUT2D eigenvalue weighted by molar-refractivity contribution is 0.0118. The largest absolute Gasteiger partial charge is 0.385 e. The highest BCUT2D eigenvalue weighted by molar-refractivity contribution is 6.30. The Kier molecular flexibility index (Phi) is 8.25. The zero-order valence-corrected chi connectivity index (χ0v) is 26.0. The van der Waals surface area contributed by atoms with Gasteiger partial charge in [0.1, 0.15) is 0 Å². The Morgan fingerprint density at radius 2 is 1.67 bits per heavy atom. The minimum atomic E-state index is -0.866. The zero-order chi connectivity index (χ0) is 30.8. The lowest BCUT2D eigenvalue weighted by Crippen LogP contribution is -2.42. The normalized spacial score (nSPS) is 17.1. The van der Waals surface area contributed by atoms with Gasteiger partial charge in [0, 0.05) is 61.3 Å². The van der Waals surface area contributed by atoms with E-state index in [2.05, 4.69) is 22.0 Å². The van der Waals surface area contributed by atoms with Crippen LogP contribution in [0.25, 0.3) is 5.65 Å². The van der Waals surface area contributed by atoms with E-state index in [0.717, 1.165) is 71.9 Å². The Morgan fingerprint density at radius 1 is 0.911 bits per heavy atom. The summed E-state index contributed by atoms with van der Waals surface area (Å²) in [5.74, 6) is 1.39. The van der Waals surface area contributed by atoms with E-state index in [1.807, 2.05) is 88.5 Å². The van der Waals surface area contributed by atoms with Crippen LogP contribution in [0.1, 0.15) is 58.7 Å². The standard InChI is InChI=1S/C36H37ClN6O2/c37-30-12-10-29(11-13-30)36(45)16-22-41(23-17-36)32-5-3-19-43-34(32)39-33(40-43)25-26-6-8-28(9-7-26)35(44)42-20-14-27(15-21-42)24-31-4-1-2-18-38-31/h1-13,18-19,27,45H,14-17,20-25H2. The molecule has 3 aromatic heterocycles. The van der Waals surface area contributed by atoms with Crippen LogP contribution in [0.15, 0.2) is 91.3 Å². The third-order valence-corrected chi connectivity index (χ3v) is 9.64. The van der Waals surface area contributed by atoms with Crippen LogP contribution < -0.4 is 4.90 Å². The molecule has 230 valence electrons. The van der Waals surface area contributed by atoms with E-state index in [1.165, 1.54) is 0 Å². The molecule has 0 aliphatic carbocycles. The second kappa shape index (κ2) is 12.6. The number of anilines is 1. The molecule has 2 aliphatic heterocycles. The van der Waals surface area contributed by atoms with E-state index in [1.54, 1.807) is 0 Å². The minimum absolute atomic E-state index is 0.0952. The number of amides is 1. The molecule has 0 bridgehead atoms. The van der Waals surface area contributed by atoms with Gasteiger partial charge in [0.2, 0.25) is 0 Å². The summed E-state index contributed by atoms with van der Waals surface area (Å²) >= 11 is 6.06. The highest BCUT2D eigenvalue weighted by atomic mass is 35.5. The van der Waals surface area contributed by atoms with Crippen molar-refractivity contribution in [2.24, 2.45) is 5.92 Å². The summed E-state index contributed by atoms with van der Waals surface area (Å²) in [6.07, 6.45) is 8.55. The smallest absolute Gasteiger partial charge is 0.253 e. The number of piperidine rings is 2. The minimum Gasteiger partial charge on any atom is -0.385 e. The van der Waals surface area contributed by atoms with Gasteiger partial charge < -0.3 is 14.9 Å². The van der Waals surface area contributed by atoms with E-state index in [0.29, 0.717) is 43.3 Å². The van der Waals surface area contributed by atoms with E-state index < -0.39 is 5.60 Å². The molecule has 0 unspecified atom stereocenters. The number of carbonyl (C=O) groups excluding carboxylic acids is 1. The topological polar surface area (TPSA) is 86.9 Å². The molecule has 1 N–H and O–H groups in total. The molecule has 1 amide bonds. The average Bonchev–Trinajstić information content (AvgIpc) is 3.49. The van der Waals surface area contributed by atoms with Gasteiger partial charge in [0.05, 0.1) is 11.3 Å². The lowest BCUT2D eigenvalue weighted by Gasteiger charge is -2.39. The second-order valence-corrected chi connectivity index (χ2v) is 12.8. The van der Waals surface area contributed by atoms with Crippen LogP contribution in [0, 0.1) is 5.92 Å². The molecule has 0 radical (unpaired) electrons. The SMILES string of the molecule is O=C(c1ccc(Cc2nc3c(N4CCC(O)(c5ccc(Cl)cc5)CC4)cccn3n2)cc1)N1CCC(Cc2ccccn2)CC1. The average molecular weight is 621 g/mol. The van der Waals surface area contributed by atoms with Crippen molar-refractivity contribution in [2.45, 2.75) is 44.1 Å². The quantitative estimate of drug-likeness (QED) is 0.242. The summed E-state index contributed by atoms with van der Waals surface area (Å²) in [6.45, 7) is 2.98. The summed E-state index contributed by atoms with van der Waals surface area (Å²) in [5.41, 5.74) is 4.77. The first-order valence-electron chi connectivity index (χ1n) is 15.8. The lowest BCUT2D eigenvalue weighted by atomic mass is 9.84. The molecule has 2 aromatic carbocycles. The maximum absolute atomic E-state index is 13.2. The van der Waals surface area contributed by atoms with Crippen molar-refractivity contribution >= 4 is 28.8 Å². The van der Waals surface area contributed by atoms with Crippen LogP contribution in [-0.4, -0.2) is 61.7 Å². The number of benzene rings is 2. The Morgan fingerprint density at radius 3 is 2.38 bits per heavy atom. The number of rotatable bonds is 7. The van der Waals surface area contributed by atoms with Crippen molar-refractivity contribution in [2.75, 3.05) is 31.1 Å². The van der Waals surface area contributed by atoms with Crippen molar-refractivity contribution in [3.05, 3.63) is 124 Å². The van der Waals surface area contributed by atoms with Crippen molar-refractivity contribution in [3.63, 3.8) is 0 Å². The number of aromatic nitrogens is 4. The molecule has 5 heterocycles. The Labute approximate surface area is 268 Å². The van der Waals surface area contributed by atoms with Crippen molar-refractivity contribution in [1.29, 1.82) is 0 Å². The van der Waals surface area contributed by atoms with Crippen LogP contribution in [-0.2, 0) is 18.4 Å². The number of likely N-dealkylation sites (tertiary alicyclic amines) is 1. The highest BCUT2D eigenvalue weighted by Gasteiger charge is 2.34. The fraction of sp³-hybridized carbons (Fsp3) is 0.333. The monoisotopic (exact) mass is 620 g/mol. The fourth-order valence-electron chi connectivity index (χ4n) is 6.71. The summed E-state index contributed by atoms with van der Waals surface area (Å²) in [7, 11) is 0. The van der Waals surface area contributed by atoms with Crippen LogP contribution >= 0.6 is 11.6 Å². The molecule has 2 saturated heterocycles. The van der Waals surface area contributed by atoms with Crippen molar-refractivity contribution < 1.29 is 9.90 Å². The first-order valence-corrected chi connectivity index (χ1v) is 16.2. The third-order valence-electron chi connectivity index (χ3n) is 9.39. The van der Waals surface area contributed by atoms with E-state index in [9.17, 15) is 9.90 Å². The maximum atomic E-state index is 13.2. The molecular weight excluding hydrogens is 584 g/mol. The molecule has 0 saturated carbocycles. The Bertz CT molecular complexity index is 1760. The summed E-state index contributed by atoms with van der Waals surface area (Å²) in [6, 6.07) is 25.5. The van der Waals surface area contributed by atoms with Gasteiger partial charge in [-0.3, -0.25) is 9.78 Å². The zero-order valence-electron chi connectivity index (χ0n) is 25.2. The van der Waals surface area contributed by atoms with E-state index in [-0.39, 0.29) is 5.91 Å². The first-order chi connectivity index (χ1) is 21.9. The van der Waals surface area contributed by atoms with Crippen molar-refractivity contribution in [1.82, 2.24) is 24.5 Å². The summed E-state index contributed by atoms with van der Waals surface area (Å²) < 4.78 is 1.83. The molecular formula is C36H37ClN6O2. The number of hydrogen-bond donors (Lipinski definition) is 1. The van der Waals surface area contributed by atoms with Gasteiger partial charge in [-0.1, -0.05) is 41.9 Å². The molecule has 2 aliphatic rings. The third kappa shape index (κ3) is 6.44. The Hall–Kier alpha value is -4.27. The number of carbonyl (C=O) groups is 1. The predicted molar refractivity (Wildman–Crippen MR) is 176 cm³/mol. The number of halogens is 1. The van der Waals surface area contributed by atoms with Gasteiger partial charge in [-0.15, -0.1) is 0 Å². The van der Waals surface area contributed by atoms with Gasteiger partial charge in [-0.05, 0) is 97.7 Å². The number of fused-ring (bicyclic) bond motifs is 1. The highest BCUT2D eigenvalue weighted by Crippen LogP contribution is 2.36. The van der Waals surface area contributed by atoms with Crippen LogP contribution in [0.5, 0.6) is 0 Å². The number of hydrogen-bond acceptors (Lipinski definition) is 6. The summed E-state index contributed by atoms with van der Waals surface area (Å²) in [4.78, 5) is 26.9. The van der Waals surface area contributed by atoms with Gasteiger partial charge in [0.25, 0.3) is 5.91 Å². The first kappa shape index (κ1) is 29.4. The second-order valence-electron chi connectivity index (χ2n) is 12.3. The predicted octanol–water partition coefficient (Wildman–Crippen LogP) is 5.95. The Balaban J connectivity index is 0.969. The fourth-order valence-corrected chi connectivity index (χ4v) is 6.84. The van der Waals surface area contributed by atoms with Crippen LogP contribution in [0.4, 0.5) is 5.69 Å². The van der Waals surface area contributed by atoms with E-state index >= 15 is 0 Å². The molecule has 5 aromatic rings. The van der Waals surface area contributed by atoms with E-state index in [4.69, 9.17) is 21.7 Å². The molecule has 8 nitrogen and oxygen atoms in total. The molecule has 9 heteroatoms. The molecule has 0 atom stereocenters.